The predicted octanol–water partition coefficient (Wildman–Crippen LogP) is 3.19. The summed E-state index contributed by atoms with van der Waals surface area (Å²) >= 11 is 0. The molecule has 2 N–H and O–H groups in total. The molecule has 25 heavy (non-hydrogen) atoms. The number of carbonyl (C=O) groups is 2. The number of hydrogen-bond acceptors (Lipinski definition) is 3. The van der Waals surface area contributed by atoms with E-state index in [1.54, 1.807) is 31.4 Å². The largest absolute Gasteiger partial charge is 0.496 e. The number of methoxy groups -OCH3 is 1. The van der Waals surface area contributed by atoms with E-state index in [2.05, 4.69) is 23.6 Å². The number of ether oxygens (including phenoxy) is 1. The van der Waals surface area contributed by atoms with Crippen LogP contribution in [-0.2, 0) is 17.6 Å². The average Bonchev–Trinajstić information content (AvgIpc) is 2.61. The Kier molecular flexibility index (Phi) is 6.57. The zero-order valence-corrected chi connectivity index (χ0v) is 14.9. The highest BCUT2D eigenvalue weighted by atomic mass is 16.5. The molecule has 0 radical (unpaired) electrons. The van der Waals surface area contributed by atoms with Gasteiger partial charge in [0.25, 0.3) is 5.91 Å². The number of carbonyl (C=O) groups excluding carboxylic acids is 2. The van der Waals surface area contributed by atoms with Gasteiger partial charge in [0.15, 0.2) is 0 Å². The van der Waals surface area contributed by atoms with E-state index >= 15 is 0 Å². The van der Waals surface area contributed by atoms with Crippen molar-refractivity contribution >= 4 is 17.5 Å². The summed E-state index contributed by atoms with van der Waals surface area (Å²) < 4.78 is 5.33. The molecule has 132 valence electrons. The summed E-state index contributed by atoms with van der Waals surface area (Å²) in [6.45, 7) is 4.07. The first-order valence-electron chi connectivity index (χ1n) is 8.35. The molecule has 0 atom stereocenters. The van der Waals surface area contributed by atoms with Crippen LogP contribution in [0.25, 0.3) is 0 Å². The van der Waals surface area contributed by atoms with Gasteiger partial charge in [0, 0.05) is 24.7 Å². The predicted molar refractivity (Wildman–Crippen MR) is 99.2 cm³/mol. The molecular weight excluding hydrogens is 316 g/mol. The van der Waals surface area contributed by atoms with Crippen LogP contribution in [0.1, 0.15) is 35.3 Å². The molecule has 2 rings (SSSR count). The van der Waals surface area contributed by atoms with Crippen molar-refractivity contribution in [3.63, 3.8) is 0 Å². The second-order valence-electron chi connectivity index (χ2n) is 5.77. The third-order valence-electron chi connectivity index (χ3n) is 3.87. The Hall–Kier alpha value is -2.82. The molecule has 0 fully saturated rings. The zero-order valence-electron chi connectivity index (χ0n) is 14.9. The number of rotatable bonds is 7. The van der Waals surface area contributed by atoms with E-state index in [0.29, 0.717) is 17.8 Å². The van der Waals surface area contributed by atoms with Crippen molar-refractivity contribution in [2.24, 2.45) is 0 Å². The standard InChI is InChI=1S/C20H24N2O3/c1-4-16-12-15(8-9-19(16)25-3)10-11-21-20(24)17-6-5-7-18(13-17)22-14(2)23/h5-9,12-13H,4,10-11H2,1-3H3,(H,21,24)(H,22,23). The van der Waals surface area contributed by atoms with Crippen LogP contribution in [0.15, 0.2) is 42.5 Å². The SMILES string of the molecule is CCc1cc(CCNC(=O)c2cccc(NC(C)=O)c2)ccc1OC. The first-order valence-corrected chi connectivity index (χ1v) is 8.35. The molecule has 0 spiro atoms. The van der Waals surface area contributed by atoms with Crippen molar-refractivity contribution < 1.29 is 14.3 Å². The van der Waals surface area contributed by atoms with Gasteiger partial charge in [0.2, 0.25) is 5.91 Å². The Morgan fingerprint density at radius 1 is 1.12 bits per heavy atom. The fourth-order valence-electron chi connectivity index (χ4n) is 2.63. The number of nitrogens with one attached hydrogen (secondary N) is 2. The molecule has 0 saturated heterocycles. The Morgan fingerprint density at radius 2 is 1.92 bits per heavy atom. The van der Waals surface area contributed by atoms with Crippen LogP contribution in [0.5, 0.6) is 5.75 Å². The topological polar surface area (TPSA) is 67.4 Å². The van der Waals surface area contributed by atoms with Gasteiger partial charge in [-0.1, -0.05) is 25.1 Å². The summed E-state index contributed by atoms with van der Waals surface area (Å²) in [4.78, 5) is 23.4. The summed E-state index contributed by atoms with van der Waals surface area (Å²) in [5.74, 6) is 0.574. The Balaban J connectivity index is 1.93. The first-order chi connectivity index (χ1) is 12.0. The number of anilines is 1. The fraction of sp³-hybridized carbons (Fsp3) is 0.300. The van der Waals surface area contributed by atoms with Crippen LogP contribution in [0.2, 0.25) is 0 Å². The van der Waals surface area contributed by atoms with Crippen LogP contribution in [-0.4, -0.2) is 25.5 Å². The van der Waals surface area contributed by atoms with E-state index in [4.69, 9.17) is 4.74 Å². The maximum absolute atomic E-state index is 12.3. The van der Waals surface area contributed by atoms with E-state index in [1.807, 2.05) is 12.1 Å². The van der Waals surface area contributed by atoms with Crippen LogP contribution in [0.4, 0.5) is 5.69 Å². The monoisotopic (exact) mass is 340 g/mol. The van der Waals surface area contributed by atoms with Crippen molar-refractivity contribution in [3.8, 4) is 5.75 Å². The second-order valence-corrected chi connectivity index (χ2v) is 5.77. The molecule has 5 nitrogen and oxygen atoms in total. The Bertz CT molecular complexity index is 756. The molecule has 0 heterocycles. The highest BCUT2D eigenvalue weighted by molar-refractivity contribution is 5.96. The molecule has 0 saturated carbocycles. The molecular formula is C20H24N2O3. The normalized spacial score (nSPS) is 10.2. The quantitative estimate of drug-likeness (QED) is 0.813. The first kappa shape index (κ1) is 18.5. The molecule has 0 aliphatic carbocycles. The third kappa shape index (κ3) is 5.35. The van der Waals surface area contributed by atoms with E-state index < -0.39 is 0 Å². The number of amides is 2. The van der Waals surface area contributed by atoms with Gasteiger partial charge < -0.3 is 15.4 Å². The van der Waals surface area contributed by atoms with Gasteiger partial charge in [-0.25, -0.2) is 0 Å². The highest BCUT2D eigenvalue weighted by Gasteiger charge is 2.07. The number of benzene rings is 2. The lowest BCUT2D eigenvalue weighted by molar-refractivity contribution is -0.114. The van der Waals surface area contributed by atoms with E-state index in [-0.39, 0.29) is 11.8 Å². The minimum absolute atomic E-state index is 0.156. The van der Waals surface area contributed by atoms with Gasteiger partial charge in [0.1, 0.15) is 5.75 Å². The molecule has 2 aromatic carbocycles. The Labute approximate surface area is 148 Å². The van der Waals surface area contributed by atoms with Crippen LogP contribution >= 0.6 is 0 Å². The van der Waals surface area contributed by atoms with Crippen molar-refractivity contribution in [2.75, 3.05) is 19.0 Å². The Morgan fingerprint density at radius 3 is 2.60 bits per heavy atom. The van der Waals surface area contributed by atoms with Gasteiger partial charge >= 0.3 is 0 Å². The summed E-state index contributed by atoms with van der Waals surface area (Å²) in [5, 5.41) is 5.59. The third-order valence-corrected chi connectivity index (χ3v) is 3.87. The van der Waals surface area contributed by atoms with Crippen molar-refractivity contribution in [1.29, 1.82) is 0 Å². The summed E-state index contributed by atoms with van der Waals surface area (Å²) in [6.07, 6.45) is 1.65. The molecule has 0 unspecified atom stereocenters. The lowest BCUT2D eigenvalue weighted by Gasteiger charge is -2.10. The van der Waals surface area contributed by atoms with Gasteiger partial charge in [-0.3, -0.25) is 9.59 Å². The maximum atomic E-state index is 12.3. The highest BCUT2D eigenvalue weighted by Crippen LogP contribution is 2.20. The summed E-state index contributed by atoms with van der Waals surface area (Å²) in [7, 11) is 1.67. The maximum Gasteiger partial charge on any atom is 0.251 e. The lowest BCUT2D eigenvalue weighted by atomic mass is 10.1. The van der Waals surface area contributed by atoms with Crippen LogP contribution in [0.3, 0.4) is 0 Å². The average molecular weight is 340 g/mol. The van der Waals surface area contributed by atoms with Gasteiger partial charge in [-0.2, -0.15) is 0 Å². The minimum Gasteiger partial charge on any atom is -0.496 e. The van der Waals surface area contributed by atoms with E-state index in [0.717, 1.165) is 29.7 Å². The summed E-state index contributed by atoms with van der Waals surface area (Å²) in [5.41, 5.74) is 3.46. The molecule has 0 aromatic heterocycles. The zero-order chi connectivity index (χ0) is 18.2. The second kappa shape index (κ2) is 8.87. The van der Waals surface area contributed by atoms with Crippen molar-refractivity contribution in [3.05, 3.63) is 59.2 Å². The molecule has 0 bridgehead atoms. The molecule has 5 heteroatoms. The molecule has 0 aliphatic rings. The number of hydrogen-bond donors (Lipinski definition) is 2. The molecule has 0 aliphatic heterocycles. The van der Waals surface area contributed by atoms with Crippen molar-refractivity contribution in [1.82, 2.24) is 5.32 Å². The molecule has 2 aromatic rings. The van der Waals surface area contributed by atoms with Crippen molar-refractivity contribution in [2.45, 2.75) is 26.7 Å². The van der Waals surface area contributed by atoms with Gasteiger partial charge in [-0.05, 0) is 48.2 Å². The molecule has 2 amide bonds. The lowest BCUT2D eigenvalue weighted by Crippen LogP contribution is -2.25. The minimum atomic E-state index is -0.163. The summed E-state index contributed by atoms with van der Waals surface area (Å²) in [6, 6.07) is 13.0. The van der Waals surface area contributed by atoms with Gasteiger partial charge in [-0.15, -0.1) is 0 Å². The number of aryl methyl sites for hydroxylation is 1. The van der Waals surface area contributed by atoms with E-state index in [1.165, 1.54) is 6.92 Å². The smallest absolute Gasteiger partial charge is 0.251 e. The van der Waals surface area contributed by atoms with Crippen LogP contribution in [0, 0.1) is 0 Å². The fourth-order valence-corrected chi connectivity index (χ4v) is 2.63. The van der Waals surface area contributed by atoms with Crippen LogP contribution < -0.4 is 15.4 Å². The van der Waals surface area contributed by atoms with Gasteiger partial charge in [0.05, 0.1) is 7.11 Å². The van der Waals surface area contributed by atoms with E-state index in [9.17, 15) is 9.59 Å².